The van der Waals surface area contributed by atoms with Gasteiger partial charge in [-0.25, -0.2) is 0 Å². The van der Waals surface area contributed by atoms with Crippen LogP contribution < -0.4 is 20.7 Å². The normalized spacial score (nSPS) is 24.2. The number of hydrogen-bond acceptors (Lipinski definition) is 7. The van der Waals surface area contributed by atoms with Crippen molar-refractivity contribution in [1.29, 1.82) is 0 Å². The van der Waals surface area contributed by atoms with Crippen LogP contribution >= 0.6 is 0 Å². The van der Waals surface area contributed by atoms with E-state index < -0.39 is 35.5 Å². The minimum Gasteiger partial charge on any atom is -0.508 e. The van der Waals surface area contributed by atoms with Crippen LogP contribution in [0.15, 0.2) is 54.6 Å². The molecule has 41 heavy (non-hydrogen) atoms. The van der Waals surface area contributed by atoms with Gasteiger partial charge in [0.2, 0.25) is 17.7 Å². The molecule has 1 aliphatic heterocycles. The molecule has 1 saturated carbocycles. The molecule has 2 aliphatic rings. The number of carbonyl (C=O) groups is 3. The van der Waals surface area contributed by atoms with Crippen molar-refractivity contribution in [2.45, 2.75) is 56.8 Å². The van der Waals surface area contributed by atoms with E-state index in [1.165, 1.54) is 37.9 Å². The second kappa shape index (κ2) is 13.2. The van der Waals surface area contributed by atoms with Crippen LogP contribution in [0.25, 0.3) is 6.08 Å². The molecule has 3 atom stereocenters. The number of nitrogens with one attached hydrogen (secondary N) is 3. The van der Waals surface area contributed by atoms with Crippen LogP contribution in [0, 0.1) is 5.92 Å². The molecule has 0 saturated heterocycles. The van der Waals surface area contributed by atoms with Crippen molar-refractivity contribution in [1.82, 2.24) is 20.9 Å². The molecule has 0 aromatic heterocycles. The molecular formula is C31H40N4O6. The Morgan fingerprint density at radius 1 is 1.02 bits per heavy atom. The standard InChI is InChI=1S/C31H40N4O6/c1-31(2,40)27-29(38)34-24(19-20-10-14-23(36)15-11-20)28(37)33-16-6-8-21-7-4-5-9-25(21)41-18-17-32-26(22-12-13-22)30(39)35(27)3/h4-11,14-15,22,24,26-27,32,36,40H,12-13,16-19H2,1-3H3,(H,33,37)(H,34,38)/b8-6+/t24-,26+,27-/m1/s1. The molecule has 3 amide bonds. The van der Waals surface area contributed by atoms with Crippen molar-refractivity contribution in [3.05, 3.63) is 65.7 Å². The Morgan fingerprint density at radius 2 is 1.73 bits per heavy atom. The van der Waals surface area contributed by atoms with Gasteiger partial charge in [0.15, 0.2) is 0 Å². The summed E-state index contributed by atoms with van der Waals surface area (Å²) in [4.78, 5) is 42.0. The van der Waals surface area contributed by atoms with E-state index in [1.54, 1.807) is 18.2 Å². The summed E-state index contributed by atoms with van der Waals surface area (Å²) in [7, 11) is 1.51. The molecule has 0 unspecified atom stereocenters. The van der Waals surface area contributed by atoms with E-state index in [9.17, 15) is 24.6 Å². The molecule has 220 valence electrons. The number of phenols is 1. The maximum absolute atomic E-state index is 13.7. The number of fused-ring (bicyclic) bond motifs is 1. The van der Waals surface area contributed by atoms with Gasteiger partial charge < -0.3 is 35.8 Å². The Morgan fingerprint density at radius 3 is 2.41 bits per heavy atom. The molecule has 4 rings (SSSR count). The highest BCUT2D eigenvalue weighted by molar-refractivity contribution is 5.94. The summed E-state index contributed by atoms with van der Waals surface area (Å²) < 4.78 is 6.00. The third-order valence-electron chi connectivity index (χ3n) is 7.36. The first kappa shape index (κ1) is 30.1. The zero-order chi connectivity index (χ0) is 29.6. The highest BCUT2D eigenvalue weighted by Gasteiger charge is 2.45. The second-order valence-corrected chi connectivity index (χ2v) is 11.2. The molecular weight excluding hydrogens is 524 g/mol. The highest BCUT2D eigenvalue weighted by Crippen LogP contribution is 2.34. The molecule has 0 radical (unpaired) electrons. The maximum Gasteiger partial charge on any atom is 0.246 e. The summed E-state index contributed by atoms with van der Waals surface area (Å²) in [5, 5.41) is 29.6. The summed E-state index contributed by atoms with van der Waals surface area (Å²) in [6.45, 7) is 3.89. The monoisotopic (exact) mass is 564 g/mol. The van der Waals surface area contributed by atoms with E-state index in [0.717, 1.165) is 18.4 Å². The summed E-state index contributed by atoms with van der Waals surface area (Å²) in [6, 6.07) is 11.1. The fourth-order valence-electron chi connectivity index (χ4n) is 5.12. The van der Waals surface area contributed by atoms with Gasteiger partial charge in [0.05, 0.1) is 11.6 Å². The van der Waals surface area contributed by atoms with Gasteiger partial charge in [0.25, 0.3) is 0 Å². The number of aromatic hydroxyl groups is 1. The molecule has 2 aromatic rings. The van der Waals surface area contributed by atoms with E-state index in [0.29, 0.717) is 24.5 Å². The zero-order valence-electron chi connectivity index (χ0n) is 23.8. The van der Waals surface area contributed by atoms with E-state index in [1.807, 2.05) is 30.3 Å². The quantitative estimate of drug-likeness (QED) is 0.380. The first-order chi connectivity index (χ1) is 19.5. The van der Waals surface area contributed by atoms with Gasteiger partial charge in [0, 0.05) is 32.1 Å². The van der Waals surface area contributed by atoms with E-state index >= 15 is 0 Å². The van der Waals surface area contributed by atoms with Crippen molar-refractivity contribution in [2.24, 2.45) is 5.92 Å². The van der Waals surface area contributed by atoms with Crippen molar-refractivity contribution in [2.75, 3.05) is 26.7 Å². The highest BCUT2D eigenvalue weighted by atomic mass is 16.5. The number of rotatable bonds is 4. The predicted octanol–water partition coefficient (Wildman–Crippen LogP) is 1.61. The van der Waals surface area contributed by atoms with Crippen molar-refractivity contribution < 1.29 is 29.3 Å². The third-order valence-corrected chi connectivity index (χ3v) is 7.36. The van der Waals surface area contributed by atoms with Crippen LogP contribution in [0.3, 0.4) is 0 Å². The van der Waals surface area contributed by atoms with Gasteiger partial charge in [-0.05, 0) is 56.4 Å². The van der Waals surface area contributed by atoms with Crippen molar-refractivity contribution in [3.8, 4) is 11.5 Å². The number of ether oxygens (including phenoxy) is 1. The number of likely N-dealkylation sites (N-methyl/N-ethyl adjacent to an activating group) is 1. The first-order valence-corrected chi connectivity index (χ1v) is 14.0. The SMILES string of the molecule is CN1C(=O)[C@H](C2CC2)NCCOc2ccccc2/C=C/CNC(=O)[C@@H](Cc2ccc(O)cc2)NC(=O)[C@@H]1C(C)(C)O. The number of phenolic OH excluding ortho intramolecular Hbond substituents is 1. The number of carbonyl (C=O) groups excluding carboxylic acids is 3. The number of hydrogen-bond donors (Lipinski definition) is 5. The summed E-state index contributed by atoms with van der Waals surface area (Å²) >= 11 is 0. The largest absolute Gasteiger partial charge is 0.508 e. The molecule has 10 heteroatoms. The van der Waals surface area contributed by atoms with Gasteiger partial charge >= 0.3 is 0 Å². The smallest absolute Gasteiger partial charge is 0.246 e. The maximum atomic E-state index is 13.7. The number of nitrogens with zero attached hydrogens (tertiary/aromatic N) is 1. The van der Waals surface area contributed by atoms with Gasteiger partial charge in [-0.1, -0.05) is 42.5 Å². The molecule has 1 fully saturated rings. The Hall–Kier alpha value is -3.89. The van der Waals surface area contributed by atoms with Crippen LogP contribution in [-0.2, 0) is 20.8 Å². The minimum atomic E-state index is -1.60. The summed E-state index contributed by atoms with van der Waals surface area (Å²) in [5.74, 6) is -0.479. The van der Waals surface area contributed by atoms with Gasteiger partial charge in [-0.15, -0.1) is 0 Å². The molecule has 2 aromatic carbocycles. The number of amides is 3. The number of aliphatic hydroxyl groups is 1. The summed E-state index contributed by atoms with van der Waals surface area (Å²) in [5.41, 5.74) is -0.0351. The Labute approximate surface area is 240 Å². The second-order valence-electron chi connectivity index (χ2n) is 11.2. The van der Waals surface area contributed by atoms with Gasteiger partial charge in [0.1, 0.15) is 30.2 Å². The van der Waals surface area contributed by atoms with Crippen LogP contribution in [0.5, 0.6) is 11.5 Å². The average Bonchev–Trinajstić information content (AvgIpc) is 3.76. The fraction of sp³-hybridized carbons (Fsp3) is 0.452. The zero-order valence-corrected chi connectivity index (χ0v) is 23.8. The van der Waals surface area contributed by atoms with E-state index in [4.69, 9.17) is 4.74 Å². The molecule has 5 N–H and O–H groups in total. The van der Waals surface area contributed by atoms with Crippen molar-refractivity contribution >= 4 is 23.8 Å². The third kappa shape index (κ3) is 8.08. The lowest BCUT2D eigenvalue weighted by Gasteiger charge is -2.38. The molecule has 0 spiro atoms. The van der Waals surface area contributed by atoms with Crippen LogP contribution in [0.2, 0.25) is 0 Å². The van der Waals surface area contributed by atoms with E-state index in [-0.39, 0.29) is 30.5 Å². The van der Waals surface area contributed by atoms with Crippen LogP contribution in [0.1, 0.15) is 37.8 Å². The van der Waals surface area contributed by atoms with Crippen molar-refractivity contribution in [3.63, 3.8) is 0 Å². The molecule has 0 bridgehead atoms. The lowest BCUT2D eigenvalue weighted by atomic mass is 9.94. The Balaban J connectivity index is 1.65. The average molecular weight is 565 g/mol. The topological polar surface area (TPSA) is 140 Å². The Bertz CT molecular complexity index is 1250. The first-order valence-electron chi connectivity index (χ1n) is 14.0. The lowest BCUT2D eigenvalue weighted by molar-refractivity contribution is -0.150. The minimum absolute atomic E-state index is 0.0856. The lowest BCUT2D eigenvalue weighted by Crippen LogP contribution is -2.63. The predicted molar refractivity (Wildman–Crippen MR) is 155 cm³/mol. The molecule has 10 nitrogen and oxygen atoms in total. The van der Waals surface area contributed by atoms with E-state index in [2.05, 4.69) is 16.0 Å². The fourth-order valence-corrected chi connectivity index (χ4v) is 5.12. The summed E-state index contributed by atoms with van der Waals surface area (Å²) in [6.07, 6.45) is 5.58. The Kier molecular flexibility index (Phi) is 9.67. The van der Waals surface area contributed by atoms with Gasteiger partial charge in [-0.3, -0.25) is 14.4 Å². The van der Waals surface area contributed by atoms with Gasteiger partial charge in [-0.2, -0.15) is 0 Å². The number of para-hydroxylation sites is 1. The number of benzene rings is 2. The molecule has 1 heterocycles. The molecule has 1 aliphatic carbocycles. The van der Waals surface area contributed by atoms with Crippen LogP contribution in [0.4, 0.5) is 0 Å². The van der Waals surface area contributed by atoms with Crippen LogP contribution in [-0.4, -0.2) is 83.3 Å².